The van der Waals surface area contributed by atoms with Crippen molar-refractivity contribution in [2.45, 2.75) is 6.54 Å². The molecule has 138 valence electrons. The molecule has 0 bridgehead atoms. The molecular formula is C21H17F2NO3. The van der Waals surface area contributed by atoms with Crippen LogP contribution >= 0.6 is 0 Å². The first-order valence-corrected chi connectivity index (χ1v) is 8.17. The topological polar surface area (TPSA) is 49.8 Å². The van der Waals surface area contributed by atoms with Gasteiger partial charge < -0.3 is 14.7 Å². The fraction of sp³-hybridized carbons (Fsp3) is 0.0952. The first-order chi connectivity index (χ1) is 13.0. The molecule has 0 amide bonds. The number of anilines is 2. The first kappa shape index (κ1) is 18.4. The molecule has 0 aliphatic carbocycles. The van der Waals surface area contributed by atoms with Gasteiger partial charge in [-0.15, -0.1) is 0 Å². The summed E-state index contributed by atoms with van der Waals surface area (Å²) in [5, 5.41) is 9.27. The van der Waals surface area contributed by atoms with E-state index in [-0.39, 0.29) is 23.7 Å². The molecule has 6 heteroatoms. The molecule has 3 aromatic carbocycles. The normalized spacial score (nSPS) is 10.5. The van der Waals surface area contributed by atoms with Crippen LogP contribution in [0.25, 0.3) is 0 Å². The molecule has 0 atom stereocenters. The van der Waals surface area contributed by atoms with Crippen molar-refractivity contribution < 1.29 is 23.4 Å². The van der Waals surface area contributed by atoms with E-state index in [1.54, 1.807) is 35.2 Å². The minimum atomic E-state index is -1.06. The maximum Gasteiger partial charge on any atom is 0.335 e. The number of nitrogens with zero attached hydrogens (tertiary/aromatic N) is 1. The molecule has 0 aromatic heterocycles. The van der Waals surface area contributed by atoms with Crippen LogP contribution in [-0.2, 0) is 6.54 Å². The highest BCUT2D eigenvalue weighted by atomic mass is 19.1. The molecule has 0 radical (unpaired) electrons. The summed E-state index contributed by atoms with van der Waals surface area (Å²) in [5.74, 6) is -1.87. The van der Waals surface area contributed by atoms with Gasteiger partial charge in [0.15, 0.2) is 11.6 Å². The Balaban J connectivity index is 2.08. The number of benzene rings is 3. The second-order valence-corrected chi connectivity index (χ2v) is 5.89. The van der Waals surface area contributed by atoms with Crippen LogP contribution in [0.3, 0.4) is 0 Å². The Bertz CT molecular complexity index is 975. The largest absolute Gasteiger partial charge is 0.494 e. The van der Waals surface area contributed by atoms with Gasteiger partial charge in [0.1, 0.15) is 5.82 Å². The number of aromatic carboxylic acids is 1. The van der Waals surface area contributed by atoms with E-state index in [1.165, 1.54) is 43.5 Å². The van der Waals surface area contributed by atoms with Gasteiger partial charge in [0.2, 0.25) is 0 Å². The summed E-state index contributed by atoms with van der Waals surface area (Å²) >= 11 is 0. The summed E-state index contributed by atoms with van der Waals surface area (Å²) in [4.78, 5) is 13.1. The van der Waals surface area contributed by atoms with E-state index in [4.69, 9.17) is 4.74 Å². The van der Waals surface area contributed by atoms with Gasteiger partial charge in [-0.05, 0) is 48.0 Å². The highest BCUT2D eigenvalue weighted by Gasteiger charge is 2.15. The van der Waals surface area contributed by atoms with Crippen molar-refractivity contribution in [3.05, 3.63) is 89.5 Å². The molecule has 0 heterocycles. The van der Waals surface area contributed by atoms with Gasteiger partial charge in [0.05, 0.1) is 12.7 Å². The third kappa shape index (κ3) is 4.23. The van der Waals surface area contributed by atoms with Gasteiger partial charge in [0.25, 0.3) is 0 Å². The Labute approximate surface area is 155 Å². The van der Waals surface area contributed by atoms with Crippen LogP contribution in [0.5, 0.6) is 5.75 Å². The van der Waals surface area contributed by atoms with E-state index in [0.717, 1.165) is 0 Å². The van der Waals surface area contributed by atoms with Crippen LogP contribution in [0.2, 0.25) is 0 Å². The number of carbonyl (C=O) groups is 1. The van der Waals surface area contributed by atoms with Crippen molar-refractivity contribution in [3.8, 4) is 5.75 Å². The van der Waals surface area contributed by atoms with Crippen molar-refractivity contribution in [3.63, 3.8) is 0 Å². The predicted octanol–water partition coefficient (Wildman–Crippen LogP) is 5.01. The smallest absolute Gasteiger partial charge is 0.335 e. The molecule has 4 nitrogen and oxygen atoms in total. The highest BCUT2D eigenvalue weighted by molar-refractivity contribution is 5.89. The molecule has 0 saturated heterocycles. The zero-order valence-electron chi connectivity index (χ0n) is 14.5. The predicted molar refractivity (Wildman–Crippen MR) is 98.6 cm³/mol. The Hall–Kier alpha value is -3.41. The molecule has 3 rings (SSSR count). The van der Waals surface area contributed by atoms with Crippen LogP contribution in [0.15, 0.2) is 66.7 Å². The first-order valence-electron chi connectivity index (χ1n) is 8.17. The van der Waals surface area contributed by atoms with Gasteiger partial charge >= 0.3 is 5.97 Å². The lowest BCUT2D eigenvalue weighted by molar-refractivity contribution is 0.0697. The molecule has 0 unspecified atom stereocenters. The van der Waals surface area contributed by atoms with Gasteiger partial charge in [-0.1, -0.05) is 18.2 Å². The minimum absolute atomic E-state index is 0.0612. The Morgan fingerprint density at radius 2 is 1.74 bits per heavy atom. The Kier molecular flexibility index (Phi) is 5.35. The van der Waals surface area contributed by atoms with Crippen LogP contribution in [0, 0.1) is 11.6 Å². The summed E-state index contributed by atoms with van der Waals surface area (Å²) in [5.41, 5.74) is 1.96. The Morgan fingerprint density at radius 3 is 2.44 bits per heavy atom. The lowest BCUT2D eigenvalue weighted by Gasteiger charge is -2.26. The van der Waals surface area contributed by atoms with Crippen LogP contribution in [0.4, 0.5) is 20.2 Å². The number of carboxylic acids is 1. The van der Waals surface area contributed by atoms with Crippen molar-refractivity contribution in [2.24, 2.45) is 0 Å². The van der Waals surface area contributed by atoms with E-state index in [9.17, 15) is 18.7 Å². The fourth-order valence-electron chi connectivity index (χ4n) is 2.77. The average Bonchev–Trinajstić information content (AvgIpc) is 2.67. The van der Waals surface area contributed by atoms with Crippen LogP contribution in [-0.4, -0.2) is 18.2 Å². The van der Waals surface area contributed by atoms with E-state index >= 15 is 0 Å². The summed E-state index contributed by atoms with van der Waals surface area (Å²) in [6.07, 6.45) is 0. The van der Waals surface area contributed by atoms with Crippen molar-refractivity contribution in [1.29, 1.82) is 0 Å². The average molecular weight is 369 g/mol. The molecule has 27 heavy (non-hydrogen) atoms. The lowest BCUT2D eigenvalue weighted by atomic mass is 10.1. The summed E-state index contributed by atoms with van der Waals surface area (Å²) < 4.78 is 32.5. The summed E-state index contributed by atoms with van der Waals surface area (Å²) in [7, 11) is 1.37. The molecule has 1 N–H and O–H groups in total. The number of methoxy groups -OCH3 is 1. The number of carboxylic acid groups (broad SMARTS) is 1. The third-order valence-electron chi connectivity index (χ3n) is 4.08. The van der Waals surface area contributed by atoms with Gasteiger partial charge in [-0.25, -0.2) is 13.6 Å². The van der Waals surface area contributed by atoms with E-state index in [0.29, 0.717) is 16.9 Å². The maximum absolute atomic E-state index is 13.8. The molecule has 0 aliphatic rings. The number of halogens is 2. The third-order valence-corrected chi connectivity index (χ3v) is 4.08. The fourth-order valence-corrected chi connectivity index (χ4v) is 2.77. The molecule has 0 saturated carbocycles. The van der Waals surface area contributed by atoms with Crippen LogP contribution in [0.1, 0.15) is 15.9 Å². The van der Waals surface area contributed by atoms with Crippen molar-refractivity contribution in [1.82, 2.24) is 0 Å². The second kappa shape index (κ2) is 7.86. The van der Waals surface area contributed by atoms with Crippen LogP contribution < -0.4 is 9.64 Å². The Morgan fingerprint density at radius 1 is 1.00 bits per heavy atom. The van der Waals surface area contributed by atoms with Crippen molar-refractivity contribution in [2.75, 3.05) is 12.0 Å². The molecule has 0 spiro atoms. The SMILES string of the molecule is COc1cc(N(Cc2cccc(F)c2)c2cccc(C(=O)O)c2)ccc1F. The zero-order valence-corrected chi connectivity index (χ0v) is 14.5. The highest BCUT2D eigenvalue weighted by Crippen LogP contribution is 2.32. The van der Waals surface area contributed by atoms with Gasteiger partial charge in [0, 0.05) is 24.0 Å². The standard InChI is InChI=1S/C21H17F2NO3/c1-27-20-12-18(8-9-19(20)23)24(13-14-4-2-6-16(22)10-14)17-7-3-5-15(11-17)21(25)26/h2-12H,13H2,1H3,(H,25,26). The molecule has 3 aromatic rings. The van der Waals surface area contributed by atoms with E-state index in [2.05, 4.69) is 0 Å². The molecular weight excluding hydrogens is 352 g/mol. The summed E-state index contributed by atoms with van der Waals surface area (Å²) in [6, 6.07) is 16.8. The number of hydrogen-bond acceptors (Lipinski definition) is 3. The van der Waals surface area contributed by atoms with E-state index < -0.39 is 11.8 Å². The lowest BCUT2D eigenvalue weighted by Crippen LogP contribution is -2.17. The summed E-state index contributed by atoms with van der Waals surface area (Å²) in [6.45, 7) is 0.260. The monoisotopic (exact) mass is 369 g/mol. The number of rotatable bonds is 6. The molecule has 0 aliphatic heterocycles. The zero-order chi connectivity index (χ0) is 19.4. The number of ether oxygens (including phenoxy) is 1. The van der Waals surface area contributed by atoms with Gasteiger partial charge in [-0.2, -0.15) is 0 Å². The van der Waals surface area contributed by atoms with Gasteiger partial charge in [-0.3, -0.25) is 0 Å². The van der Waals surface area contributed by atoms with Crippen molar-refractivity contribution >= 4 is 17.3 Å². The molecule has 0 fully saturated rings. The number of hydrogen-bond donors (Lipinski definition) is 1. The maximum atomic E-state index is 13.8. The quantitative estimate of drug-likeness (QED) is 0.664. The second-order valence-electron chi connectivity index (χ2n) is 5.89. The minimum Gasteiger partial charge on any atom is -0.494 e. The van der Waals surface area contributed by atoms with E-state index in [1.807, 2.05) is 0 Å².